The quantitative estimate of drug-likeness (QED) is 0.651. The molecule has 0 aliphatic carbocycles. The number of hydrogen-bond acceptors (Lipinski definition) is 7. The zero-order valence-corrected chi connectivity index (χ0v) is 16.0. The third kappa shape index (κ3) is 4.23. The van der Waals surface area contributed by atoms with Crippen molar-refractivity contribution in [3.63, 3.8) is 0 Å². The van der Waals surface area contributed by atoms with Crippen LogP contribution in [0, 0.1) is 0 Å². The van der Waals surface area contributed by atoms with Gasteiger partial charge >= 0.3 is 0 Å². The number of likely N-dealkylation sites (tertiary alicyclic amines) is 1. The molecular weight excluding hydrogens is 362 g/mol. The van der Waals surface area contributed by atoms with Crippen LogP contribution in [0.4, 0.5) is 0 Å². The molecule has 1 fully saturated rings. The van der Waals surface area contributed by atoms with Crippen molar-refractivity contribution >= 4 is 17.2 Å². The fourth-order valence-electron chi connectivity index (χ4n) is 3.10. The van der Waals surface area contributed by atoms with Crippen LogP contribution in [0.3, 0.4) is 0 Å². The largest absolute Gasteiger partial charge is 0.337 e. The Kier molecular flexibility index (Phi) is 5.26. The lowest BCUT2D eigenvalue weighted by Crippen LogP contribution is -2.25. The molecule has 3 heterocycles. The van der Waals surface area contributed by atoms with Gasteiger partial charge in [0.05, 0.1) is 12.7 Å². The van der Waals surface area contributed by atoms with E-state index in [-0.39, 0.29) is 12.5 Å². The Morgan fingerprint density at radius 3 is 2.81 bits per heavy atom. The highest BCUT2D eigenvalue weighted by atomic mass is 32.1. The van der Waals surface area contributed by atoms with Gasteiger partial charge in [0.1, 0.15) is 16.4 Å². The van der Waals surface area contributed by atoms with E-state index in [4.69, 9.17) is 4.52 Å². The average molecular weight is 383 g/mol. The van der Waals surface area contributed by atoms with Crippen LogP contribution in [-0.2, 0) is 13.1 Å². The van der Waals surface area contributed by atoms with Crippen molar-refractivity contribution < 1.29 is 9.32 Å². The Labute approximate surface area is 161 Å². The van der Waals surface area contributed by atoms with Gasteiger partial charge in [-0.3, -0.25) is 9.69 Å². The second-order valence-electron chi connectivity index (χ2n) is 6.64. The van der Waals surface area contributed by atoms with E-state index in [1.54, 1.807) is 18.1 Å². The van der Waals surface area contributed by atoms with Crippen molar-refractivity contribution in [3.8, 4) is 11.4 Å². The maximum atomic E-state index is 12.7. The van der Waals surface area contributed by atoms with Crippen molar-refractivity contribution in [3.05, 3.63) is 52.3 Å². The fraction of sp³-hybridized carbons (Fsp3) is 0.368. The molecule has 27 heavy (non-hydrogen) atoms. The molecule has 140 valence electrons. The summed E-state index contributed by atoms with van der Waals surface area (Å²) in [5.74, 6) is 0.850. The lowest BCUT2D eigenvalue weighted by molar-refractivity contribution is 0.0774. The minimum absolute atomic E-state index is 0.0837. The molecule has 1 aromatic carbocycles. The number of rotatable bonds is 6. The Bertz CT molecular complexity index is 902. The summed E-state index contributed by atoms with van der Waals surface area (Å²) in [6.45, 7) is 3.32. The Hall–Kier alpha value is -2.58. The van der Waals surface area contributed by atoms with Crippen LogP contribution < -0.4 is 0 Å². The van der Waals surface area contributed by atoms with Crippen molar-refractivity contribution in [2.45, 2.75) is 25.9 Å². The van der Waals surface area contributed by atoms with Gasteiger partial charge in [-0.1, -0.05) is 35.5 Å². The summed E-state index contributed by atoms with van der Waals surface area (Å²) in [7, 11) is 1.73. The van der Waals surface area contributed by atoms with Gasteiger partial charge in [0.2, 0.25) is 11.7 Å². The van der Waals surface area contributed by atoms with Gasteiger partial charge in [0.25, 0.3) is 5.91 Å². The van der Waals surface area contributed by atoms with Crippen molar-refractivity contribution in [2.24, 2.45) is 0 Å². The van der Waals surface area contributed by atoms with Crippen molar-refractivity contribution in [1.29, 1.82) is 0 Å². The first-order chi connectivity index (χ1) is 13.2. The normalized spacial score (nSPS) is 14.6. The van der Waals surface area contributed by atoms with E-state index < -0.39 is 0 Å². The van der Waals surface area contributed by atoms with Gasteiger partial charge in [-0.15, -0.1) is 11.3 Å². The van der Waals surface area contributed by atoms with Gasteiger partial charge in [-0.25, -0.2) is 4.98 Å². The highest BCUT2D eigenvalue weighted by Crippen LogP contribution is 2.20. The molecule has 0 saturated carbocycles. The summed E-state index contributed by atoms with van der Waals surface area (Å²) in [6.07, 6.45) is 4.15. The zero-order valence-electron chi connectivity index (χ0n) is 15.2. The molecule has 0 spiro atoms. The highest BCUT2D eigenvalue weighted by molar-refractivity contribution is 7.13. The van der Waals surface area contributed by atoms with E-state index in [0.29, 0.717) is 16.6 Å². The predicted molar refractivity (Wildman–Crippen MR) is 102 cm³/mol. The molecule has 4 rings (SSSR count). The van der Waals surface area contributed by atoms with E-state index in [2.05, 4.69) is 20.0 Å². The summed E-state index contributed by atoms with van der Waals surface area (Å²) >= 11 is 1.46. The van der Waals surface area contributed by atoms with E-state index in [1.807, 2.05) is 30.3 Å². The lowest BCUT2D eigenvalue weighted by atomic mass is 10.2. The van der Waals surface area contributed by atoms with E-state index in [1.165, 1.54) is 24.2 Å². The van der Waals surface area contributed by atoms with Gasteiger partial charge in [-0.2, -0.15) is 4.98 Å². The third-order valence-corrected chi connectivity index (χ3v) is 5.51. The molecule has 0 unspecified atom stereocenters. The van der Waals surface area contributed by atoms with Gasteiger partial charge in [0.15, 0.2) is 0 Å². The monoisotopic (exact) mass is 383 g/mol. The minimum Gasteiger partial charge on any atom is -0.337 e. The maximum Gasteiger partial charge on any atom is 0.265 e. The Morgan fingerprint density at radius 1 is 1.26 bits per heavy atom. The first-order valence-electron chi connectivity index (χ1n) is 8.99. The molecule has 1 aliphatic heterocycles. The topological polar surface area (TPSA) is 75.4 Å². The number of nitrogens with zero attached hydrogens (tertiary/aromatic N) is 5. The SMILES string of the molecule is CN(Cc1nc(-c2ccccc2)no1)C(=O)c1cnc(CN2CCCC2)s1. The Balaban J connectivity index is 1.38. The second-order valence-corrected chi connectivity index (χ2v) is 7.76. The first kappa shape index (κ1) is 17.8. The first-order valence-corrected chi connectivity index (χ1v) is 9.81. The van der Waals surface area contributed by atoms with Crippen LogP contribution in [0.25, 0.3) is 11.4 Å². The number of aromatic nitrogens is 3. The number of hydrogen-bond donors (Lipinski definition) is 0. The molecule has 3 aromatic rings. The molecule has 1 saturated heterocycles. The molecule has 1 aliphatic rings. The summed E-state index contributed by atoms with van der Waals surface area (Å²) < 4.78 is 5.30. The molecule has 0 bridgehead atoms. The van der Waals surface area contributed by atoms with Gasteiger partial charge < -0.3 is 9.42 Å². The maximum absolute atomic E-state index is 12.7. The molecule has 8 heteroatoms. The average Bonchev–Trinajstić information content (AvgIpc) is 3.44. The standard InChI is InChI=1S/C19H21N5O2S/c1-23(12-16-21-18(22-26-16)14-7-3-2-4-8-14)19(25)15-11-20-17(27-15)13-24-9-5-6-10-24/h2-4,7-8,11H,5-6,9-10,12-13H2,1H3. The number of amides is 1. The molecule has 7 nitrogen and oxygen atoms in total. The molecule has 2 aromatic heterocycles. The molecule has 0 N–H and O–H groups in total. The highest BCUT2D eigenvalue weighted by Gasteiger charge is 2.20. The lowest BCUT2D eigenvalue weighted by Gasteiger charge is -2.13. The van der Waals surface area contributed by atoms with Gasteiger partial charge in [-0.05, 0) is 25.9 Å². The number of carbonyl (C=O) groups excluding carboxylic acids is 1. The molecule has 0 radical (unpaired) electrons. The van der Waals surface area contributed by atoms with Crippen LogP contribution >= 0.6 is 11.3 Å². The van der Waals surface area contributed by atoms with Crippen LogP contribution in [0.5, 0.6) is 0 Å². The van der Waals surface area contributed by atoms with Crippen molar-refractivity contribution in [1.82, 2.24) is 24.9 Å². The van der Waals surface area contributed by atoms with Crippen molar-refractivity contribution in [2.75, 3.05) is 20.1 Å². The zero-order chi connectivity index (χ0) is 18.6. The van der Waals surface area contributed by atoms with E-state index >= 15 is 0 Å². The summed E-state index contributed by atoms with van der Waals surface area (Å²) in [6, 6.07) is 9.62. The number of carbonyl (C=O) groups is 1. The van der Waals surface area contributed by atoms with E-state index in [9.17, 15) is 4.79 Å². The molecule has 1 amide bonds. The summed E-state index contributed by atoms with van der Waals surface area (Å²) in [5.41, 5.74) is 0.885. The minimum atomic E-state index is -0.0837. The molecule has 0 atom stereocenters. The smallest absolute Gasteiger partial charge is 0.265 e. The summed E-state index contributed by atoms with van der Waals surface area (Å²) in [5, 5.41) is 4.98. The van der Waals surface area contributed by atoms with Crippen LogP contribution in [0.1, 0.15) is 33.4 Å². The number of benzene rings is 1. The van der Waals surface area contributed by atoms with Crippen LogP contribution in [0.15, 0.2) is 41.1 Å². The summed E-state index contributed by atoms with van der Waals surface area (Å²) in [4.78, 5) is 26.0. The fourth-order valence-corrected chi connectivity index (χ4v) is 4.06. The van der Waals surface area contributed by atoms with E-state index in [0.717, 1.165) is 30.2 Å². The predicted octanol–water partition coefficient (Wildman–Crippen LogP) is 3.06. The Morgan fingerprint density at radius 2 is 2.04 bits per heavy atom. The van der Waals surface area contributed by atoms with Gasteiger partial charge in [0, 0.05) is 12.6 Å². The van der Waals surface area contributed by atoms with Crippen LogP contribution in [0.2, 0.25) is 0 Å². The number of thiazole rings is 1. The molecular formula is C19H21N5O2S. The third-order valence-electron chi connectivity index (χ3n) is 4.54. The van der Waals surface area contributed by atoms with Crippen LogP contribution in [-0.4, -0.2) is 51.0 Å². The second kappa shape index (κ2) is 7.98.